The van der Waals surface area contributed by atoms with Crippen LogP contribution in [-0.2, 0) is 4.79 Å². The van der Waals surface area contributed by atoms with Crippen molar-refractivity contribution in [2.75, 3.05) is 18.4 Å². The SMILES string of the molecule is Cc1c(Cl)cccc1NC(=O)C1CCCN(C(=O)c2cnn(-c3ccc(F)cc3)c2-n2cccc2)C1. The summed E-state index contributed by atoms with van der Waals surface area (Å²) in [7, 11) is 0. The highest BCUT2D eigenvalue weighted by Crippen LogP contribution is 2.27. The summed E-state index contributed by atoms with van der Waals surface area (Å²) in [6, 6.07) is 15.0. The summed E-state index contributed by atoms with van der Waals surface area (Å²) in [5.74, 6) is -0.481. The van der Waals surface area contributed by atoms with Crippen LogP contribution >= 0.6 is 11.6 Å². The number of nitrogens with one attached hydrogen (secondary N) is 1. The van der Waals surface area contributed by atoms with Crippen LogP contribution in [0, 0.1) is 18.7 Å². The molecule has 4 aromatic rings. The van der Waals surface area contributed by atoms with Crippen molar-refractivity contribution in [3.05, 3.63) is 95.2 Å². The van der Waals surface area contributed by atoms with Gasteiger partial charge in [0.2, 0.25) is 5.91 Å². The Morgan fingerprint density at radius 1 is 1.08 bits per heavy atom. The highest BCUT2D eigenvalue weighted by Gasteiger charge is 2.31. The summed E-state index contributed by atoms with van der Waals surface area (Å²) in [6.07, 6.45) is 6.58. The van der Waals surface area contributed by atoms with Gasteiger partial charge in [0.25, 0.3) is 5.91 Å². The summed E-state index contributed by atoms with van der Waals surface area (Å²) < 4.78 is 16.9. The number of carbonyl (C=O) groups excluding carboxylic acids is 2. The molecule has 1 atom stereocenters. The molecule has 1 aliphatic rings. The Morgan fingerprint density at radius 3 is 2.58 bits per heavy atom. The lowest BCUT2D eigenvalue weighted by molar-refractivity contribution is -0.121. The molecular weight excluding hydrogens is 481 g/mol. The Balaban J connectivity index is 1.40. The molecule has 36 heavy (non-hydrogen) atoms. The van der Waals surface area contributed by atoms with Gasteiger partial charge in [0.15, 0.2) is 5.82 Å². The molecule has 1 N–H and O–H groups in total. The molecule has 0 spiro atoms. The Hall–Kier alpha value is -3.91. The van der Waals surface area contributed by atoms with Crippen LogP contribution < -0.4 is 5.32 Å². The van der Waals surface area contributed by atoms with Crippen molar-refractivity contribution >= 4 is 29.1 Å². The van der Waals surface area contributed by atoms with Crippen molar-refractivity contribution in [3.63, 3.8) is 0 Å². The standard InChI is InChI=1S/C27H25ClFN5O2/c1-18-23(28)7-4-8-24(18)31-25(35)19-6-5-15-33(17-19)27(36)22-16-30-34(21-11-9-20(29)10-12-21)26(22)32-13-2-3-14-32/h2-4,7-14,16,19H,5-6,15,17H2,1H3,(H,31,35). The van der Waals surface area contributed by atoms with E-state index >= 15 is 0 Å². The van der Waals surface area contributed by atoms with E-state index in [1.54, 1.807) is 38.4 Å². The van der Waals surface area contributed by atoms with E-state index < -0.39 is 0 Å². The maximum atomic E-state index is 13.7. The molecule has 1 saturated heterocycles. The molecule has 3 heterocycles. The second-order valence-electron chi connectivity index (χ2n) is 8.85. The van der Waals surface area contributed by atoms with Gasteiger partial charge in [-0.05, 0) is 73.9 Å². The fraction of sp³-hybridized carbons (Fsp3) is 0.222. The van der Waals surface area contributed by atoms with Crippen molar-refractivity contribution in [3.8, 4) is 11.5 Å². The zero-order valence-corrected chi connectivity index (χ0v) is 20.5. The van der Waals surface area contributed by atoms with E-state index in [2.05, 4.69) is 10.4 Å². The molecule has 2 amide bonds. The summed E-state index contributed by atoms with van der Waals surface area (Å²) in [5, 5.41) is 8.01. The first-order valence-corrected chi connectivity index (χ1v) is 12.1. The number of amides is 2. The number of hydrogen-bond acceptors (Lipinski definition) is 3. The summed E-state index contributed by atoms with van der Waals surface area (Å²) in [5.41, 5.74) is 2.52. The van der Waals surface area contributed by atoms with Crippen molar-refractivity contribution < 1.29 is 14.0 Å². The first-order chi connectivity index (χ1) is 17.4. The van der Waals surface area contributed by atoms with Crippen molar-refractivity contribution in [1.29, 1.82) is 0 Å². The Labute approximate surface area is 213 Å². The van der Waals surface area contributed by atoms with Gasteiger partial charge in [0.05, 0.1) is 17.8 Å². The van der Waals surface area contributed by atoms with Gasteiger partial charge in [-0.15, -0.1) is 0 Å². The van der Waals surface area contributed by atoms with Gasteiger partial charge in [0, 0.05) is 36.2 Å². The van der Waals surface area contributed by atoms with Gasteiger partial charge in [0.1, 0.15) is 11.4 Å². The fourth-order valence-corrected chi connectivity index (χ4v) is 4.69. The zero-order chi connectivity index (χ0) is 25.2. The van der Waals surface area contributed by atoms with Crippen LogP contribution in [0.4, 0.5) is 10.1 Å². The first kappa shape index (κ1) is 23.8. The summed E-state index contributed by atoms with van der Waals surface area (Å²) >= 11 is 6.19. The van der Waals surface area contributed by atoms with Gasteiger partial charge < -0.3 is 14.8 Å². The zero-order valence-electron chi connectivity index (χ0n) is 19.7. The number of aromatic nitrogens is 3. The molecule has 0 radical (unpaired) electrons. The third-order valence-corrected chi connectivity index (χ3v) is 6.91. The van der Waals surface area contributed by atoms with Gasteiger partial charge in [-0.25, -0.2) is 9.07 Å². The first-order valence-electron chi connectivity index (χ1n) is 11.7. The highest BCUT2D eigenvalue weighted by atomic mass is 35.5. The van der Waals surface area contributed by atoms with E-state index in [1.807, 2.05) is 37.5 Å². The van der Waals surface area contributed by atoms with Crippen molar-refractivity contribution in [2.45, 2.75) is 19.8 Å². The van der Waals surface area contributed by atoms with Crippen LogP contribution in [0.15, 0.2) is 73.2 Å². The van der Waals surface area contributed by atoms with Crippen LogP contribution in [0.25, 0.3) is 11.5 Å². The predicted octanol–water partition coefficient (Wildman–Crippen LogP) is 5.25. The van der Waals surface area contributed by atoms with Crippen molar-refractivity contribution in [2.24, 2.45) is 5.92 Å². The van der Waals surface area contributed by atoms with Gasteiger partial charge >= 0.3 is 0 Å². The van der Waals surface area contributed by atoms with E-state index in [4.69, 9.17) is 11.6 Å². The number of nitrogens with zero attached hydrogens (tertiary/aromatic N) is 4. The molecule has 1 aliphatic heterocycles. The molecular formula is C27H25ClFN5O2. The number of benzene rings is 2. The van der Waals surface area contributed by atoms with Gasteiger partial charge in [-0.2, -0.15) is 5.10 Å². The topological polar surface area (TPSA) is 72.2 Å². The number of carbonyl (C=O) groups is 2. The van der Waals surface area contributed by atoms with E-state index in [-0.39, 0.29) is 23.5 Å². The predicted molar refractivity (Wildman–Crippen MR) is 136 cm³/mol. The minimum Gasteiger partial charge on any atom is -0.338 e. The fourth-order valence-electron chi connectivity index (χ4n) is 4.51. The molecule has 9 heteroatoms. The number of anilines is 1. The molecule has 0 aliphatic carbocycles. The van der Waals surface area contributed by atoms with E-state index in [9.17, 15) is 14.0 Å². The van der Waals surface area contributed by atoms with Crippen LogP contribution in [0.1, 0.15) is 28.8 Å². The molecule has 1 unspecified atom stereocenters. The molecule has 0 saturated carbocycles. The van der Waals surface area contributed by atoms with Crippen molar-refractivity contribution in [1.82, 2.24) is 19.2 Å². The normalized spacial score (nSPS) is 15.6. The molecule has 184 valence electrons. The second kappa shape index (κ2) is 9.99. The van der Waals surface area contributed by atoms with Gasteiger partial charge in [-0.3, -0.25) is 9.59 Å². The minimum absolute atomic E-state index is 0.134. The van der Waals surface area contributed by atoms with Crippen LogP contribution in [0.3, 0.4) is 0 Å². The van der Waals surface area contributed by atoms with Gasteiger partial charge in [-0.1, -0.05) is 17.7 Å². The molecule has 1 fully saturated rings. The average Bonchev–Trinajstić information content (AvgIpc) is 3.57. The highest BCUT2D eigenvalue weighted by molar-refractivity contribution is 6.31. The number of halogens is 2. The molecule has 2 aromatic heterocycles. The van der Waals surface area contributed by atoms with E-state index in [1.165, 1.54) is 18.3 Å². The van der Waals surface area contributed by atoms with E-state index in [0.29, 0.717) is 53.7 Å². The lowest BCUT2D eigenvalue weighted by Gasteiger charge is -2.32. The minimum atomic E-state index is -0.352. The Morgan fingerprint density at radius 2 is 1.83 bits per heavy atom. The average molecular weight is 506 g/mol. The smallest absolute Gasteiger partial charge is 0.259 e. The quantitative estimate of drug-likeness (QED) is 0.402. The second-order valence-corrected chi connectivity index (χ2v) is 9.26. The number of piperidine rings is 1. The maximum absolute atomic E-state index is 13.7. The lowest BCUT2D eigenvalue weighted by Crippen LogP contribution is -2.44. The summed E-state index contributed by atoms with van der Waals surface area (Å²) in [4.78, 5) is 28.5. The number of hydrogen-bond donors (Lipinski definition) is 1. The van der Waals surface area contributed by atoms with Crippen LogP contribution in [0.5, 0.6) is 0 Å². The molecule has 2 aromatic carbocycles. The number of rotatable bonds is 5. The third-order valence-electron chi connectivity index (χ3n) is 6.50. The maximum Gasteiger partial charge on any atom is 0.259 e. The van der Waals surface area contributed by atoms with Crippen LogP contribution in [-0.4, -0.2) is 44.2 Å². The Kier molecular flexibility index (Phi) is 6.61. The summed E-state index contributed by atoms with van der Waals surface area (Å²) in [6.45, 7) is 2.71. The Bertz CT molecular complexity index is 1400. The van der Waals surface area contributed by atoms with Crippen LogP contribution in [0.2, 0.25) is 5.02 Å². The number of likely N-dealkylation sites (tertiary alicyclic amines) is 1. The third kappa shape index (κ3) is 4.64. The molecule has 0 bridgehead atoms. The molecule has 7 nitrogen and oxygen atoms in total. The lowest BCUT2D eigenvalue weighted by atomic mass is 9.96. The van der Waals surface area contributed by atoms with E-state index in [0.717, 1.165) is 5.56 Å². The monoisotopic (exact) mass is 505 g/mol. The molecule has 5 rings (SSSR count). The largest absolute Gasteiger partial charge is 0.338 e.